The fourth-order valence-electron chi connectivity index (χ4n) is 3.97. The molecule has 2 saturated heterocycles. The average Bonchev–Trinajstić information content (AvgIpc) is 3.17. The zero-order chi connectivity index (χ0) is 20.3. The minimum Gasteiger partial charge on any atom is -0.383 e. The van der Waals surface area contributed by atoms with Crippen LogP contribution < -0.4 is 0 Å². The molecule has 1 spiro atoms. The first kappa shape index (κ1) is 20.0. The summed E-state index contributed by atoms with van der Waals surface area (Å²) in [6.07, 6.45) is 3.59. The summed E-state index contributed by atoms with van der Waals surface area (Å²) in [6, 6.07) is 7.72. The molecule has 0 aromatic carbocycles. The molecule has 8 heteroatoms. The van der Waals surface area contributed by atoms with Crippen molar-refractivity contribution in [2.24, 2.45) is 0 Å². The van der Waals surface area contributed by atoms with Crippen molar-refractivity contribution in [2.75, 3.05) is 33.4 Å². The van der Waals surface area contributed by atoms with E-state index in [-0.39, 0.29) is 17.6 Å². The molecular weight excluding hydrogens is 372 g/mol. The molecule has 0 bridgehead atoms. The van der Waals surface area contributed by atoms with Crippen molar-refractivity contribution in [3.8, 4) is 0 Å². The SMILES string of the molecule is COCCn1ccc(C(=O)N2CC3(C[C@H](OCc4cccc(C)n4)CCO3)C2)n1. The molecule has 2 aromatic heterocycles. The highest BCUT2D eigenvalue weighted by Crippen LogP contribution is 2.36. The summed E-state index contributed by atoms with van der Waals surface area (Å²) >= 11 is 0. The van der Waals surface area contributed by atoms with Crippen LogP contribution in [0, 0.1) is 6.92 Å². The van der Waals surface area contributed by atoms with Gasteiger partial charge in [0.2, 0.25) is 0 Å². The second-order valence-electron chi connectivity index (χ2n) is 7.85. The van der Waals surface area contributed by atoms with Crippen LogP contribution in [0.5, 0.6) is 0 Å². The van der Waals surface area contributed by atoms with E-state index in [1.54, 1.807) is 22.8 Å². The molecule has 2 aliphatic rings. The molecule has 2 aromatic rings. The van der Waals surface area contributed by atoms with Crippen LogP contribution in [0.2, 0.25) is 0 Å². The summed E-state index contributed by atoms with van der Waals surface area (Å²) in [5.74, 6) is -0.0533. The molecule has 2 aliphatic heterocycles. The van der Waals surface area contributed by atoms with E-state index in [0.29, 0.717) is 45.1 Å². The topological polar surface area (TPSA) is 78.7 Å². The highest BCUT2D eigenvalue weighted by molar-refractivity contribution is 5.93. The lowest BCUT2D eigenvalue weighted by atomic mass is 9.84. The number of nitrogens with zero attached hydrogens (tertiary/aromatic N) is 4. The minimum atomic E-state index is -0.294. The molecule has 0 unspecified atom stereocenters. The van der Waals surface area contributed by atoms with Crippen molar-refractivity contribution in [1.82, 2.24) is 19.7 Å². The Labute approximate surface area is 170 Å². The quantitative estimate of drug-likeness (QED) is 0.706. The van der Waals surface area contributed by atoms with Crippen molar-refractivity contribution in [3.05, 3.63) is 47.5 Å². The molecule has 4 heterocycles. The Morgan fingerprint density at radius 2 is 2.21 bits per heavy atom. The van der Waals surface area contributed by atoms with Crippen LogP contribution in [0.3, 0.4) is 0 Å². The van der Waals surface area contributed by atoms with Gasteiger partial charge in [-0.3, -0.25) is 14.5 Å². The Kier molecular flexibility index (Phi) is 5.94. The van der Waals surface area contributed by atoms with Gasteiger partial charge in [-0.1, -0.05) is 6.07 Å². The number of carbonyl (C=O) groups excluding carboxylic acids is 1. The Morgan fingerprint density at radius 1 is 1.34 bits per heavy atom. The Bertz CT molecular complexity index is 847. The molecule has 0 saturated carbocycles. The number of aryl methyl sites for hydroxylation is 1. The van der Waals surface area contributed by atoms with Crippen molar-refractivity contribution < 1.29 is 19.0 Å². The van der Waals surface area contributed by atoms with Crippen LogP contribution in [0.15, 0.2) is 30.5 Å². The molecule has 2 fully saturated rings. The lowest BCUT2D eigenvalue weighted by molar-refractivity contribution is -0.188. The molecule has 0 radical (unpaired) electrons. The number of likely N-dealkylation sites (tertiary alicyclic amines) is 1. The van der Waals surface area contributed by atoms with Gasteiger partial charge in [-0.15, -0.1) is 0 Å². The van der Waals surface area contributed by atoms with Gasteiger partial charge in [0, 0.05) is 32.0 Å². The van der Waals surface area contributed by atoms with Gasteiger partial charge in [-0.25, -0.2) is 0 Å². The molecule has 0 aliphatic carbocycles. The number of methoxy groups -OCH3 is 1. The van der Waals surface area contributed by atoms with Gasteiger partial charge < -0.3 is 19.1 Å². The van der Waals surface area contributed by atoms with Crippen LogP contribution in [0.25, 0.3) is 0 Å². The summed E-state index contributed by atoms with van der Waals surface area (Å²) < 4.78 is 18.9. The third kappa shape index (κ3) is 4.66. The van der Waals surface area contributed by atoms with Gasteiger partial charge in [0.1, 0.15) is 11.3 Å². The normalized spacial score (nSPS) is 20.6. The molecular formula is C21H28N4O4. The zero-order valence-electron chi connectivity index (χ0n) is 17.0. The first-order chi connectivity index (χ1) is 14.1. The number of carbonyl (C=O) groups is 1. The number of rotatable bonds is 7. The van der Waals surface area contributed by atoms with E-state index in [9.17, 15) is 4.79 Å². The third-order valence-electron chi connectivity index (χ3n) is 5.49. The second kappa shape index (κ2) is 8.61. The third-order valence-corrected chi connectivity index (χ3v) is 5.49. The van der Waals surface area contributed by atoms with E-state index in [0.717, 1.165) is 24.2 Å². The van der Waals surface area contributed by atoms with Gasteiger partial charge in [-0.2, -0.15) is 5.10 Å². The fourth-order valence-corrected chi connectivity index (χ4v) is 3.97. The van der Waals surface area contributed by atoms with Gasteiger partial charge in [-0.05, 0) is 31.5 Å². The van der Waals surface area contributed by atoms with Crippen molar-refractivity contribution in [1.29, 1.82) is 0 Å². The molecule has 0 N–H and O–H groups in total. The number of amides is 1. The first-order valence-corrected chi connectivity index (χ1v) is 10.1. The summed E-state index contributed by atoms with van der Waals surface area (Å²) in [5, 5.41) is 4.34. The monoisotopic (exact) mass is 400 g/mol. The highest BCUT2D eigenvalue weighted by atomic mass is 16.5. The zero-order valence-corrected chi connectivity index (χ0v) is 17.0. The molecule has 4 rings (SSSR count). The number of aromatic nitrogens is 3. The Hall–Kier alpha value is -2.29. The van der Waals surface area contributed by atoms with E-state index in [4.69, 9.17) is 14.2 Å². The molecule has 1 atom stereocenters. The summed E-state index contributed by atoms with van der Waals surface area (Å²) in [5.41, 5.74) is 2.11. The number of hydrogen-bond donors (Lipinski definition) is 0. The van der Waals surface area contributed by atoms with Crippen LogP contribution in [0.4, 0.5) is 0 Å². The van der Waals surface area contributed by atoms with E-state index in [2.05, 4.69) is 10.1 Å². The molecule has 8 nitrogen and oxygen atoms in total. The van der Waals surface area contributed by atoms with E-state index < -0.39 is 0 Å². The van der Waals surface area contributed by atoms with E-state index in [1.807, 2.05) is 31.3 Å². The van der Waals surface area contributed by atoms with Crippen LogP contribution >= 0.6 is 0 Å². The van der Waals surface area contributed by atoms with Gasteiger partial charge >= 0.3 is 0 Å². The highest BCUT2D eigenvalue weighted by Gasteiger charge is 2.50. The maximum atomic E-state index is 12.7. The summed E-state index contributed by atoms with van der Waals surface area (Å²) in [6.45, 7) is 5.50. The van der Waals surface area contributed by atoms with Crippen LogP contribution in [0.1, 0.15) is 34.7 Å². The second-order valence-corrected chi connectivity index (χ2v) is 7.85. The minimum absolute atomic E-state index is 0.0533. The van der Waals surface area contributed by atoms with Crippen LogP contribution in [-0.2, 0) is 27.4 Å². The number of pyridine rings is 1. The van der Waals surface area contributed by atoms with Crippen molar-refractivity contribution >= 4 is 5.91 Å². The predicted octanol–water partition coefficient (Wildman–Crippen LogP) is 1.82. The lowest BCUT2D eigenvalue weighted by Crippen LogP contribution is -2.67. The Balaban J connectivity index is 1.28. The van der Waals surface area contributed by atoms with Crippen molar-refractivity contribution in [3.63, 3.8) is 0 Å². The maximum Gasteiger partial charge on any atom is 0.274 e. The molecule has 29 heavy (non-hydrogen) atoms. The molecule has 156 valence electrons. The van der Waals surface area contributed by atoms with Crippen molar-refractivity contribution in [2.45, 2.75) is 44.6 Å². The average molecular weight is 400 g/mol. The van der Waals surface area contributed by atoms with Gasteiger partial charge in [0.05, 0.1) is 44.6 Å². The lowest BCUT2D eigenvalue weighted by Gasteiger charge is -2.52. The Morgan fingerprint density at radius 3 is 3.00 bits per heavy atom. The van der Waals surface area contributed by atoms with E-state index >= 15 is 0 Å². The number of hydrogen-bond acceptors (Lipinski definition) is 6. The van der Waals surface area contributed by atoms with Crippen LogP contribution in [-0.4, -0.2) is 70.7 Å². The fraction of sp³-hybridized carbons (Fsp3) is 0.571. The van der Waals surface area contributed by atoms with E-state index in [1.165, 1.54) is 0 Å². The first-order valence-electron chi connectivity index (χ1n) is 10.1. The number of ether oxygens (including phenoxy) is 3. The van der Waals surface area contributed by atoms with Gasteiger partial charge in [0.15, 0.2) is 0 Å². The summed E-state index contributed by atoms with van der Waals surface area (Å²) in [4.78, 5) is 19.0. The summed E-state index contributed by atoms with van der Waals surface area (Å²) in [7, 11) is 1.65. The molecule has 1 amide bonds. The largest absolute Gasteiger partial charge is 0.383 e. The van der Waals surface area contributed by atoms with Gasteiger partial charge in [0.25, 0.3) is 5.91 Å². The standard InChI is InChI=1S/C21H28N4O4/c1-16-4-3-5-17(22-16)13-28-18-7-10-29-21(12-18)14-24(15-21)20(26)19-6-8-25(23-19)9-11-27-2/h3-6,8,18H,7,9-15H2,1-2H3/t18-/m1/s1. The maximum absolute atomic E-state index is 12.7. The smallest absolute Gasteiger partial charge is 0.274 e. The predicted molar refractivity (Wildman–Crippen MR) is 105 cm³/mol.